The zero-order chi connectivity index (χ0) is 93.8. The van der Waals surface area contributed by atoms with Crippen LogP contribution in [-0.2, 0) is 62.2 Å². The molecule has 3 atom stereocenters. The number of ether oxygens (including phenoxy) is 1. The van der Waals surface area contributed by atoms with E-state index in [-0.39, 0.29) is 169 Å². The van der Waals surface area contributed by atoms with Gasteiger partial charge < -0.3 is 67.2 Å². The van der Waals surface area contributed by atoms with E-state index in [9.17, 15) is 62.0 Å². The summed E-state index contributed by atoms with van der Waals surface area (Å²) >= 11 is 10.5. The second kappa shape index (κ2) is 40.6. The van der Waals surface area contributed by atoms with Crippen molar-refractivity contribution in [1.29, 1.82) is 0 Å². The van der Waals surface area contributed by atoms with Gasteiger partial charge in [0.15, 0.2) is 41.1 Å². The van der Waals surface area contributed by atoms with Crippen molar-refractivity contribution in [3.8, 4) is 22.7 Å². The number of nitrogens with zero attached hydrogens (tertiary/aromatic N) is 4. The van der Waals surface area contributed by atoms with E-state index in [4.69, 9.17) is 43.5 Å². The summed E-state index contributed by atoms with van der Waals surface area (Å²) < 4.78 is 172. The van der Waals surface area contributed by atoms with E-state index in [1.165, 1.54) is 55.6 Å². The molecule has 0 saturated carbocycles. The third kappa shape index (κ3) is 23.8. The number of ketones is 2. The van der Waals surface area contributed by atoms with Crippen LogP contribution >= 0.6 is 47.8 Å². The van der Waals surface area contributed by atoms with Crippen LogP contribution in [0.3, 0.4) is 0 Å². The maximum atomic E-state index is 13.6. The summed E-state index contributed by atoms with van der Waals surface area (Å²) in [5.41, 5.74) is 11.8. The monoisotopic (exact) mass is 2060 g/mol. The number of carboxylic acid groups (broad SMARTS) is 1. The summed E-state index contributed by atoms with van der Waals surface area (Å²) in [4.78, 5) is 48.5. The van der Waals surface area contributed by atoms with E-state index in [0.29, 0.717) is 36.0 Å². The Hall–Kier alpha value is -7.92. The summed E-state index contributed by atoms with van der Waals surface area (Å²) in [6.07, 6.45) is 9.68. The Labute approximate surface area is 807 Å². The number of aromatic nitrogens is 4. The average Bonchev–Trinajstić information content (AvgIpc) is 1.59. The molecule has 0 radical (unpaired) electrons. The van der Waals surface area contributed by atoms with Gasteiger partial charge in [0.25, 0.3) is 0 Å². The molecule has 6 saturated heterocycles. The van der Waals surface area contributed by atoms with Crippen molar-refractivity contribution < 1.29 is 135 Å². The zero-order valence-electron chi connectivity index (χ0n) is 74.8. The number of esters is 1. The Balaban J connectivity index is 0.000000157. The molecule has 6 fully saturated rings. The van der Waals surface area contributed by atoms with Gasteiger partial charge in [-0.2, -0.15) is 0 Å². The molecular formula is C93H100B3Br3F4N5NaO19S3. The van der Waals surface area contributed by atoms with Crippen LogP contribution in [0.4, 0.5) is 17.6 Å². The van der Waals surface area contributed by atoms with Crippen molar-refractivity contribution in [3.05, 3.63) is 254 Å². The largest absolute Gasteiger partial charge is 1.00 e. The van der Waals surface area contributed by atoms with Crippen LogP contribution in [0.1, 0.15) is 157 Å². The normalized spacial score (nSPS) is 19.9. The molecule has 12 aromatic rings. The minimum absolute atomic E-state index is 0. The fourth-order valence-electron chi connectivity index (χ4n) is 15.6. The fourth-order valence-corrected chi connectivity index (χ4v) is 22.6. The minimum atomic E-state index is -3.04. The molecule has 6 aliphatic heterocycles. The molecule has 688 valence electrons. The number of nitrogens with two attached hydrogens (primary N) is 1. The standard InChI is InChI=1S/C26H29BFNO5S.C20H17BrFNO3S.C16H11BrFNO2.C15H9BrFNO2.C12H24B2O4.C4H9NO2S.Na.H2O/c1-25(2)26(3,4)34-27(33-25)22-15-29(20-8-6-19(28)7-9-20)23-14-18(5-10-21(22)23)24(30)13-17-11-12-35(31,32)16-17;21-18-11-23(16-4-2-15(22)3-5-16)19-10-14(1-6-17(18)19)20(24)9-13-7-8-27(25,26)12-13;1-21-16(20)10-2-7-13-14(17)9-19(15(13)8-10)12-5-3-11(18)4-6-12;16-13-8-18(11-4-2-10(17)3-5-11)14-7-9(15(19)20)1-6-12(13)14;1-9(2)10(3,4)16-13(15-9)14-17-11(5,6)12(7,8)18-14;5-4-1-2-8(6,7)3-4;;/h5-10,14-15,17H,11-13,16H2,1-4H3;1-6,10-11,13H,7-9,12H2;2-9H,1H3;1-8H,(H,19,20);1-8H3;4H,1-3,5H2;;1H2/q;;;;;;+1;/p-1. The van der Waals surface area contributed by atoms with E-state index in [2.05, 4.69) is 47.8 Å². The number of sulfone groups is 3. The summed E-state index contributed by atoms with van der Waals surface area (Å²) in [5, 5.41) is 12.8. The Bertz CT molecular complexity index is 6560. The maximum Gasteiger partial charge on any atom is 1.00 e. The number of aromatic carboxylic acids is 1. The molecule has 0 aliphatic carbocycles. The average molecular weight is 2060 g/mol. The number of carbonyl (C=O) groups is 4. The molecule has 38 heteroatoms. The molecule has 4 aromatic heterocycles. The van der Waals surface area contributed by atoms with Gasteiger partial charge in [0.05, 0.1) is 108 Å². The first-order valence-electron chi connectivity index (χ1n) is 41.7. The van der Waals surface area contributed by atoms with E-state index in [1.807, 2.05) is 156 Å². The van der Waals surface area contributed by atoms with Gasteiger partial charge in [-0.15, -0.1) is 0 Å². The smallest absolute Gasteiger partial charge is 0.870 e. The Morgan fingerprint density at radius 3 is 0.977 bits per heavy atom. The SMILES string of the molecule is CC1(C)OB(B2OC(C)(C)C(C)(C)O2)OC1(C)C.CC1(C)OB(c2cn(-c3ccc(F)cc3)c3cc(C(=O)CC4CCS(=O)(=O)C4)ccc23)OC1(C)C.COC(=O)c1ccc2c(Br)cn(-c3ccc(F)cc3)c2c1.NC1CCS(=O)(=O)C1.O=C(CC1CCS(=O)(=O)C1)c1ccc2c(Br)cn(-c3ccc(F)cc3)c2c1.O=C(O)c1ccc2c(Br)cn(-c3ccc(F)cc3)c2c1.[Na+].[OH-]. The minimum Gasteiger partial charge on any atom is -0.870 e. The van der Waals surface area contributed by atoms with Crippen molar-refractivity contribution in [2.75, 3.05) is 41.6 Å². The molecule has 0 spiro atoms. The van der Waals surface area contributed by atoms with Crippen LogP contribution in [-0.4, -0.2) is 180 Å². The van der Waals surface area contributed by atoms with Gasteiger partial charge in [0.2, 0.25) is 0 Å². The Kier molecular flexibility index (Phi) is 32.1. The van der Waals surface area contributed by atoms with Crippen LogP contribution in [0.25, 0.3) is 66.4 Å². The van der Waals surface area contributed by atoms with Gasteiger partial charge in [-0.05, 0) is 301 Å². The van der Waals surface area contributed by atoms with Crippen LogP contribution in [0.2, 0.25) is 0 Å². The summed E-state index contributed by atoms with van der Waals surface area (Å²) in [6, 6.07) is 45.6. The molecule has 3 unspecified atom stereocenters. The third-order valence-electron chi connectivity index (χ3n) is 25.0. The van der Waals surface area contributed by atoms with Gasteiger partial charge in [-0.1, -0.05) is 36.4 Å². The summed E-state index contributed by atoms with van der Waals surface area (Å²) in [5.74, 6) is -2.04. The number of benzene rings is 8. The van der Waals surface area contributed by atoms with Gasteiger partial charge in [-0.25, -0.2) is 52.4 Å². The number of hydrogen-bond acceptors (Lipinski definition) is 19. The first kappa shape index (κ1) is 104. The van der Waals surface area contributed by atoms with Crippen molar-refractivity contribution in [3.63, 3.8) is 0 Å². The molecule has 131 heavy (non-hydrogen) atoms. The van der Waals surface area contributed by atoms with Gasteiger partial charge in [0, 0.05) is 113 Å². The van der Waals surface area contributed by atoms with Crippen LogP contribution in [0, 0.1) is 35.1 Å². The van der Waals surface area contributed by atoms with Crippen molar-refractivity contribution in [2.24, 2.45) is 17.6 Å². The number of Topliss-reactive ketones (excluding diaryl/α,β-unsaturated/α-hetero) is 2. The quantitative estimate of drug-likeness (QED) is 0.0442. The second-order valence-electron chi connectivity index (χ2n) is 35.9. The molecule has 8 aromatic carbocycles. The molecule has 18 rings (SSSR count). The van der Waals surface area contributed by atoms with E-state index in [1.54, 1.807) is 91.0 Å². The number of fused-ring (bicyclic) bond motifs is 4. The van der Waals surface area contributed by atoms with Gasteiger partial charge >= 0.3 is 62.6 Å². The second-order valence-corrected chi connectivity index (χ2v) is 45.2. The molecule has 10 heterocycles. The Morgan fingerprint density at radius 1 is 0.412 bits per heavy atom. The van der Waals surface area contributed by atoms with E-state index < -0.39 is 67.8 Å². The van der Waals surface area contributed by atoms with Gasteiger partial charge in [0.1, 0.15) is 23.3 Å². The summed E-state index contributed by atoms with van der Waals surface area (Å²) in [7, 11) is -8.96. The maximum absolute atomic E-state index is 13.6. The number of carboxylic acids is 1. The molecule has 0 bridgehead atoms. The van der Waals surface area contributed by atoms with Crippen molar-refractivity contribution >= 4 is 171 Å². The molecule has 24 nitrogen and oxygen atoms in total. The number of halogens is 7. The van der Waals surface area contributed by atoms with Crippen LogP contribution < -0.4 is 40.8 Å². The predicted molar refractivity (Wildman–Crippen MR) is 507 cm³/mol. The number of hydrogen-bond donors (Lipinski definition) is 2. The first-order chi connectivity index (χ1) is 60.3. The molecule has 6 aliphatic rings. The number of methoxy groups -OCH3 is 1. The van der Waals surface area contributed by atoms with E-state index >= 15 is 0 Å². The third-order valence-corrected chi connectivity index (χ3v) is 32.3. The topological polar surface area (TPSA) is 331 Å². The molecule has 0 amide bonds. The molecular weight excluding hydrogens is 1960 g/mol. The zero-order valence-corrected chi connectivity index (χ0v) is 84.0. The molecule has 4 N–H and O–H groups in total. The summed E-state index contributed by atoms with van der Waals surface area (Å²) in [6.45, 7) is 24.2. The Morgan fingerprint density at radius 2 is 0.687 bits per heavy atom. The first-order valence-corrected chi connectivity index (χ1v) is 49.6. The van der Waals surface area contributed by atoms with Gasteiger partial charge in [-0.3, -0.25) is 9.59 Å². The van der Waals surface area contributed by atoms with Crippen molar-refractivity contribution in [1.82, 2.24) is 18.3 Å². The van der Waals surface area contributed by atoms with Crippen LogP contribution in [0.15, 0.2) is 208 Å². The van der Waals surface area contributed by atoms with Crippen LogP contribution in [0.5, 0.6) is 0 Å². The predicted octanol–water partition coefficient (Wildman–Crippen LogP) is 15.4. The number of carbonyl (C=O) groups excluding carboxylic acids is 3. The fraction of sp³-hybridized carbons (Fsp3) is 0.355. The number of rotatable bonds is 14. The van der Waals surface area contributed by atoms with Crippen molar-refractivity contribution in [2.45, 2.75) is 155 Å². The van der Waals surface area contributed by atoms with E-state index in [0.717, 1.165) is 85.2 Å².